The summed E-state index contributed by atoms with van der Waals surface area (Å²) in [6.45, 7) is 8.77. The quantitative estimate of drug-likeness (QED) is 0.623. The number of allylic oxidation sites excluding steroid dienone is 5. The summed E-state index contributed by atoms with van der Waals surface area (Å²) in [5.74, 6) is -0.371. The molecule has 1 aliphatic rings. The Labute approximate surface area is 155 Å². The number of aromatic nitrogens is 1. The lowest BCUT2D eigenvalue weighted by atomic mass is 10.1. The maximum Gasteiger partial charge on any atom is 0.119 e. The summed E-state index contributed by atoms with van der Waals surface area (Å²) in [7, 11) is 0. The van der Waals surface area contributed by atoms with E-state index in [4.69, 9.17) is 0 Å². The maximum atomic E-state index is 13.2. The van der Waals surface area contributed by atoms with Crippen molar-refractivity contribution < 1.29 is 8.78 Å². The number of hydrogen-bond donors (Lipinski definition) is 0. The molecule has 140 valence electrons. The van der Waals surface area contributed by atoms with Crippen LogP contribution in [0.2, 0.25) is 0 Å². The van der Waals surface area contributed by atoms with Gasteiger partial charge in [0, 0.05) is 43.8 Å². The monoisotopic (exact) mass is 359 g/mol. The first-order valence-electron chi connectivity index (χ1n) is 9.02. The van der Waals surface area contributed by atoms with Crippen LogP contribution in [0.5, 0.6) is 0 Å². The second-order valence-electron chi connectivity index (χ2n) is 6.26. The van der Waals surface area contributed by atoms with E-state index in [0.29, 0.717) is 25.1 Å². The van der Waals surface area contributed by atoms with Crippen LogP contribution >= 0.6 is 0 Å². The highest BCUT2D eigenvalue weighted by atomic mass is 19.1. The zero-order valence-corrected chi connectivity index (χ0v) is 15.4. The van der Waals surface area contributed by atoms with Gasteiger partial charge in [-0.2, -0.15) is 0 Å². The Morgan fingerprint density at radius 1 is 1.19 bits per heavy atom. The molecule has 0 spiro atoms. The van der Waals surface area contributed by atoms with Gasteiger partial charge in [-0.15, -0.1) is 0 Å². The molecule has 0 atom stereocenters. The van der Waals surface area contributed by atoms with Crippen molar-refractivity contribution in [1.82, 2.24) is 14.8 Å². The minimum absolute atomic E-state index is 0.371. The normalized spacial score (nSPS) is 16.4. The summed E-state index contributed by atoms with van der Waals surface area (Å²) < 4.78 is 26.3. The molecule has 5 heteroatoms. The third kappa shape index (κ3) is 6.14. The van der Waals surface area contributed by atoms with Gasteiger partial charge in [0.25, 0.3) is 0 Å². The number of hydrogen-bond acceptors (Lipinski definition) is 3. The summed E-state index contributed by atoms with van der Waals surface area (Å²) in [6, 6.07) is 5.96. The Bertz CT molecular complexity index is 657. The van der Waals surface area contributed by atoms with Gasteiger partial charge in [-0.05, 0) is 50.5 Å². The van der Waals surface area contributed by atoms with Gasteiger partial charge in [-0.25, -0.2) is 8.78 Å². The van der Waals surface area contributed by atoms with Crippen molar-refractivity contribution in [2.75, 3.05) is 26.2 Å². The average molecular weight is 359 g/mol. The van der Waals surface area contributed by atoms with E-state index in [1.807, 2.05) is 29.3 Å². The molecule has 1 saturated heterocycles. The summed E-state index contributed by atoms with van der Waals surface area (Å²) >= 11 is 0. The highest BCUT2D eigenvalue weighted by Gasteiger charge is 2.18. The molecule has 2 rings (SSSR count). The average Bonchev–Trinajstić information content (AvgIpc) is 2.69. The second-order valence-corrected chi connectivity index (χ2v) is 6.26. The third-order valence-electron chi connectivity index (χ3n) is 4.52. The van der Waals surface area contributed by atoms with Crippen molar-refractivity contribution in [1.29, 1.82) is 0 Å². The van der Waals surface area contributed by atoms with E-state index in [2.05, 4.69) is 16.5 Å². The van der Waals surface area contributed by atoms with Crippen molar-refractivity contribution in [2.24, 2.45) is 0 Å². The van der Waals surface area contributed by atoms with Crippen LogP contribution in [0.1, 0.15) is 25.5 Å². The van der Waals surface area contributed by atoms with Crippen molar-refractivity contribution in [3.63, 3.8) is 0 Å². The molecule has 1 aromatic heterocycles. The van der Waals surface area contributed by atoms with Crippen LogP contribution in [0.3, 0.4) is 0 Å². The first-order valence-corrected chi connectivity index (χ1v) is 9.02. The Balaban J connectivity index is 1.76. The van der Waals surface area contributed by atoms with E-state index in [0.717, 1.165) is 43.7 Å². The lowest BCUT2D eigenvalue weighted by Gasteiger charge is -2.38. The van der Waals surface area contributed by atoms with E-state index in [1.54, 1.807) is 6.92 Å². The molecule has 26 heavy (non-hydrogen) atoms. The predicted octanol–water partition coefficient (Wildman–Crippen LogP) is 4.78. The SMILES string of the molecule is C=C(CCCc1ccccn1)N1CCN(C(/C=C\C(F)=C/C)=C\F)CC1. The van der Waals surface area contributed by atoms with Gasteiger partial charge in [-0.1, -0.05) is 18.7 Å². The standard InChI is InChI=1S/C21H27F2N3/c1-3-19(23)10-11-21(17-22)26-15-13-25(14-16-26)18(2)7-6-9-20-8-4-5-12-24-20/h3-5,8,10-12,17H,2,6-7,9,13-16H2,1H3/b11-10-,19-3+,21-17-. The minimum atomic E-state index is -0.371. The van der Waals surface area contributed by atoms with Crippen LogP contribution in [0.25, 0.3) is 0 Å². The van der Waals surface area contributed by atoms with E-state index < -0.39 is 0 Å². The molecule has 1 aromatic rings. The van der Waals surface area contributed by atoms with Crippen LogP contribution in [-0.4, -0.2) is 41.0 Å². The topological polar surface area (TPSA) is 19.4 Å². The minimum Gasteiger partial charge on any atom is -0.372 e. The number of halogens is 2. The van der Waals surface area contributed by atoms with Gasteiger partial charge >= 0.3 is 0 Å². The zero-order valence-electron chi connectivity index (χ0n) is 15.4. The molecule has 1 aliphatic heterocycles. The van der Waals surface area contributed by atoms with Gasteiger partial charge in [0.1, 0.15) is 12.2 Å². The fraction of sp³-hybridized carbons (Fsp3) is 0.381. The van der Waals surface area contributed by atoms with E-state index in [9.17, 15) is 8.78 Å². The number of nitrogens with zero attached hydrogens (tertiary/aromatic N) is 3. The van der Waals surface area contributed by atoms with E-state index in [1.165, 1.54) is 18.2 Å². The predicted molar refractivity (Wildman–Crippen MR) is 103 cm³/mol. The molecule has 0 saturated carbocycles. The number of rotatable bonds is 8. The third-order valence-corrected chi connectivity index (χ3v) is 4.52. The highest BCUT2D eigenvalue weighted by Crippen LogP contribution is 2.18. The highest BCUT2D eigenvalue weighted by molar-refractivity contribution is 5.23. The molecule has 0 radical (unpaired) electrons. The summed E-state index contributed by atoms with van der Waals surface area (Å²) in [5, 5.41) is 0. The largest absolute Gasteiger partial charge is 0.372 e. The summed E-state index contributed by atoms with van der Waals surface area (Å²) in [5.41, 5.74) is 2.62. The maximum absolute atomic E-state index is 13.2. The molecule has 0 amide bonds. The van der Waals surface area contributed by atoms with Crippen LogP contribution < -0.4 is 0 Å². The van der Waals surface area contributed by atoms with Gasteiger partial charge in [0.05, 0.1) is 5.70 Å². The first-order chi connectivity index (χ1) is 12.6. The Kier molecular flexibility index (Phi) is 8.06. The molecule has 0 N–H and O–H groups in total. The van der Waals surface area contributed by atoms with E-state index in [-0.39, 0.29) is 5.83 Å². The Morgan fingerprint density at radius 3 is 2.54 bits per heavy atom. The van der Waals surface area contributed by atoms with Crippen molar-refractivity contribution in [3.05, 3.63) is 78.4 Å². The van der Waals surface area contributed by atoms with E-state index >= 15 is 0 Å². The molecular weight excluding hydrogens is 332 g/mol. The van der Waals surface area contributed by atoms with Crippen molar-refractivity contribution >= 4 is 0 Å². The number of aryl methyl sites for hydroxylation is 1. The fourth-order valence-corrected chi connectivity index (χ4v) is 2.93. The zero-order chi connectivity index (χ0) is 18.8. The smallest absolute Gasteiger partial charge is 0.119 e. The van der Waals surface area contributed by atoms with Gasteiger partial charge in [0.15, 0.2) is 0 Å². The van der Waals surface area contributed by atoms with Gasteiger partial charge < -0.3 is 9.80 Å². The lowest BCUT2D eigenvalue weighted by Crippen LogP contribution is -2.44. The molecule has 0 aliphatic carbocycles. The van der Waals surface area contributed by atoms with Crippen LogP contribution in [-0.2, 0) is 6.42 Å². The molecular formula is C21H27F2N3. The van der Waals surface area contributed by atoms with Gasteiger partial charge in [-0.3, -0.25) is 4.98 Å². The molecule has 0 unspecified atom stereocenters. The summed E-state index contributed by atoms with van der Waals surface area (Å²) in [6.07, 6.45) is 9.34. The number of piperazine rings is 1. The molecule has 1 fully saturated rings. The molecule has 0 bridgehead atoms. The molecule has 2 heterocycles. The Hall–Kier alpha value is -2.43. The molecule has 0 aromatic carbocycles. The second kappa shape index (κ2) is 10.5. The first kappa shape index (κ1) is 19.9. The fourth-order valence-electron chi connectivity index (χ4n) is 2.93. The van der Waals surface area contributed by atoms with Crippen LogP contribution in [0, 0.1) is 0 Å². The van der Waals surface area contributed by atoms with Crippen LogP contribution in [0.15, 0.2) is 72.8 Å². The molecule has 3 nitrogen and oxygen atoms in total. The Morgan fingerprint density at radius 2 is 1.92 bits per heavy atom. The number of pyridine rings is 1. The van der Waals surface area contributed by atoms with Crippen LogP contribution in [0.4, 0.5) is 8.78 Å². The van der Waals surface area contributed by atoms with Crippen molar-refractivity contribution in [2.45, 2.75) is 26.2 Å². The summed E-state index contributed by atoms with van der Waals surface area (Å²) in [4.78, 5) is 8.51. The lowest BCUT2D eigenvalue weighted by molar-refractivity contribution is 0.190. The van der Waals surface area contributed by atoms with Gasteiger partial charge in [0.2, 0.25) is 0 Å². The van der Waals surface area contributed by atoms with Crippen molar-refractivity contribution in [3.8, 4) is 0 Å².